The summed E-state index contributed by atoms with van der Waals surface area (Å²) in [6.07, 6.45) is 14.5. The first-order chi connectivity index (χ1) is 10.6. The minimum absolute atomic E-state index is 0.162. The normalized spacial score (nSPS) is 22.1. The van der Waals surface area contributed by atoms with Gasteiger partial charge in [-0.3, -0.25) is 0 Å². The van der Waals surface area contributed by atoms with Crippen LogP contribution in [0.25, 0.3) is 0 Å². The van der Waals surface area contributed by atoms with Crippen molar-refractivity contribution >= 4 is 5.97 Å². The average molecular weight is 311 g/mol. The van der Waals surface area contributed by atoms with Crippen LogP contribution in [-0.4, -0.2) is 29.4 Å². The summed E-state index contributed by atoms with van der Waals surface area (Å²) in [7, 11) is 0. The summed E-state index contributed by atoms with van der Waals surface area (Å²) < 4.78 is 5.58. The van der Waals surface area contributed by atoms with E-state index >= 15 is 0 Å². The van der Waals surface area contributed by atoms with E-state index in [0.29, 0.717) is 18.9 Å². The molecule has 0 aliphatic carbocycles. The molecular formula is C18H31O4-. The molecule has 1 aliphatic rings. The molecule has 1 saturated heterocycles. The molecule has 0 saturated carbocycles. The number of carboxylic acids is 1. The van der Waals surface area contributed by atoms with Crippen molar-refractivity contribution in [3.05, 3.63) is 12.2 Å². The second kappa shape index (κ2) is 11.7. The van der Waals surface area contributed by atoms with Crippen molar-refractivity contribution in [2.45, 2.75) is 95.9 Å². The summed E-state index contributed by atoms with van der Waals surface area (Å²) in [6, 6.07) is 0. The smallest absolute Gasteiger partial charge is 0.0869 e. The van der Waals surface area contributed by atoms with Crippen LogP contribution >= 0.6 is 0 Å². The summed E-state index contributed by atoms with van der Waals surface area (Å²) in [5, 5.41) is 20.2. The summed E-state index contributed by atoms with van der Waals surface area (Å²) in [5.74, 6) is -0.960. The summed E-state index contributed by atoms with van der Waals surface area (Å²) in [5.41, 5.74) is 0. The summed E-state index contributed by atoms with van der Waals surface area (Å²) >= 11 is 0. The van der Waals surface area contributed by atoms with Crippen LogP contribution in [-0.2, 0) is 9.53 Å². The Hall–Kier alpha value is -0.870. The molecule has 0 bridgehead atoms. The topological polar surface area (TPSA) is 72.9 Å². The largest absolute Gasteiger partial charge is 0.550 e. The Bertz CT molecular complexity index is 327. The fourth-order valence-corrected chi connectivity index (χ4v) is 2.69. The molecule has 4 heteroatoms. The van der Waals surface area contributed by atoms with Crippen molar-refractivity contribution in [1.82, 2.24) is 0 Å². The number of unbranched alkanes of at least 4 members (excludes halogenated alkanes) is 6. The van der Waals surface area contributed by atoms with E-state index in [1.54, 1.807) is 0 Å². The fraction of sp³-hybridized carbons (Fsp3) is 0.833. The fourth-order valence-electron chi connectivity index (χ4n) is 2.69. The first-order valence-corrected chi connectivity index (χ1v) is 8.83. The minimum Gasteiger partial charge on any atom is -0.550 e. The van der Waals surface area contributed by atoms with Gasteiger partial charge in [-0.1, -0.05) is 51.2 Å². The molecule has 0 amide bonds. The van der Waals surface area contributed by atoms with Gasteiger partial charge in [-0.15, -0.1) is 0 Å². The number of hydrogen-bond acceptors (Lipinski definition) is 4. The van der Waals surface area contributed by atoms with Crippen molar-refractivity contribution in [3.63, 3.8) is 0 Å². The lowest BCUT2D eigenvalue weighted by Crippen LogP contribution is -2.21. The first kappa shape index (κ1) is 19.2. The predicted octanol–water partition coefficient (Wildman–Crippen LogP) is 2.73. The van der Waals surface area contributed by atoms with E-state index in [9.17, 15) is 15.0 Å². The zero-order chi connectivity index (χ0) is 16.2. The maximum atomic E-state index is 10.2. The lowest BCUT2D eigenvalue weighted by atomic mass is 10.1. The zero-order valence-electron chi connectivity index (χ0n) is 13.8. The number of allylic oxidation sites excluding steroid dienone is 1. The van der Waals surface area contributed by atoms with Crippen molar-refractivity contribution in [2.24, 2.45) is 0 Å². The van der Waals surface area contributed by atoms with Gasteiger partial charge in [-0.05, 0) is 32.1 Å². The second-order valence-electron chi connectivity index (χ2n) is 6.26. The summed E-state index contributed by atoms with van der Waals surface area (Å²) in [6.45, 7) is 2.20. The lowest BCUT2D eigenvalue weighted by Gasteiger charge is -2.03. The standard InChI is InChI=1S/C18H32O4/c1-2-3-8-12-16-17(22-16)14-15(19)11-9-6-4-5-7-10-13-18(20)21/h9,11,15-17,19H,2-8,10,12-14H2,1H3,(H,20,21)/p-1/b11-9+/t15-,16+,17-/m0/s1. The molecule has 0 unspecified atom stereocenters. The lowest BCUT2D eigenvalue weighted by molar-refractivity contribution is -0.305. The van der Waals surface area contributed by atoms with E-state index in [0.717, 1.165) is 32.1 Å². The number of carbonyl (C=O) groups is 1. The third kappa shape index (κ3) is 9.96. The maximum Gasteiger partial charge on any atom is 0.0869 e. The van der Waals surface area contributed by atoms with E-state index in [-0.39, 0.29) is 12.5 Å². The molecule has 128 valence electrons. The van der Waals surface area contributed by atoms with Crippen LogP contribution in [0.15, 0.2) is 12.2 Å². The Morgan fingerprint density at radius 2 is 1.95 bits per heavy atom. The molecule has 0 radical (unpaired) electrons. The van der Waals surface area contributed by atoms with Crippen molar-refractivity contribution in [1.29, 1.82) is 0 Å². The van der Waals surface area contributed by atoms with E-state index in [4.69, 9.17) is 4.74 Å². The van der Waals surface area contributed by atoms with Gasteiger partial charge in [0.15, 0.2) is 0 Å². The molecule has 0 aromatic heterocycles. The minimum atomic E-state index is -0.960. The quantitative estimate of drug-likeness (QED) is 0.304. The van der Waals surface area contributed by atoms with Crippen molar-refractivity contribution in [2.75, 3.05) is 0 Å². The van der Waals surface area contributed by atoms with Gasteiger partial charge in [0.1, 0.15) is 0 Å². The average Bonchev–Trinajstić information content (AvgIpc) is 3.19. The number of hydrogen-bond donors (Lipinski definition) is 1. The third-order valence-corrected chi connectivity index (χ3v) is 4.11. The van der Waals surface area contributed by atoms with Gasteiger partial charge in [0, 0.05) is 12.4 Å². The molecule has 3 atom stereocenters. The Morgan fingerprint density at radius 3 is 2.68 bits per heavy atom. The van der Waals surface area contributed by atoms with Crippen LogP contribution < -0.4 is 5.11 Å². The van der Waals surface area contributed by atoms with E-state index in [1.807, 2.05) is 12.2 Å². The number of rotatable bonds is 14. The maximum absolute atomic E-state index is 10.2. The number of ether oxygens (including phenoxy) is 1. The Balaban J connectivity index is 1.92. The predicted molar refractivity (Wildman–Crippen MR) is 85.3 cm³/mol. The van der Waals surface area contributed by atoms with E-state index in [1.165, 1.54) is 19.3 Å². The molecule has 0 spiro atoms. The van der Waals surface area contributed by atoms with Crippen LogP contribution in [0.3, 0.4) is 0 Å². The molecule has 1 N–H and O–H groups in total. The van der Waals surface area contributed by atoms with Crippen LogP contribution in [0.4, 0.5) is 0 Å². The number of epoxide rings is 1. The highest BCUT2D eigenvalue weighted by Crippen LogP contribution is 2.31. The zero-order valence-corrected chi connectivity index (χ0v) is 13.8. The number of carbonyl (C=O) groups excluding carboxylic acids is 1. The van der Waals surface area contributed by atoms with Crippen LogP contribution in [0.1, 0.15) is 77.6 Å². The highest BCUT2D eigenvalue weighted by molar-refractivity contribution is 5.63. The molecule has 22 heavy (non-hydrogen) atoms. The van der Waals surface area contributed by atoms with Gasteiger partial charge in [0.2, 0.25) is 0 Å². The van der Waals surface area contributed by atoms with Crippen molar-refractivity contribution in [3.8, 4) is 0 Å². The highest BCUT2D eigenvalue weighted by atomic mass is 16.6. The number of aliphatic carboxylic acids is 1. The van der Waals surface area contributed by atoms with Gasteiger partial charge in [-0.25, -0.2) is 0 Å². The Kier molecular flexibility index (Phi) is 10.2. The Labute approximate surface area is 134 Å². The molecule has 1 heterocycles. The molecule has 0 aromatic carbocycles. The number of aliphatic hydroxyl groups is 1. The number of aliphatic hydroxyl groups excluding tert-OH is 1. The van der Waals surface area contributed by atoms with Gasteiger partial charge >= 0.3 is 0 Å². The molecule has 1 rings (SSSR count). The molecule has 1 aliphatic heterocycles. The second-order valence-corrected chi connectivity index (χ2v) is 6.26. The third-order valence-electron chi connectivity index (χ3n) is 4.11. The SMILES string of the molecule is CCCCC[C@H]1O[C@H]1C[C@@H](O)/C=C/CCCCCCC(=O)[O-]. The Morgan fingerprint density at radius 1 is 1.18 bits per heavy atom. The van der Waals surface area contributed by atoms with E-state index < -0.39 is 12.1 Å². The monoisotopic (exact) mass is 311 g/mol. The van der Waals surface area contributed by atoms with Crippen LogP contribution in [0.2, 0.25) is 0 Å². The molecule has 4 nitrogen and oxygen atoms in total. The van der Waals surface area contributed by atoms with Crippen LogP contribution in [0, 0.1) is 0 Å². The molecule has 1 fully saturated rings. The first-order valence-electron chi connectivity index (χ1n) is 8.83. The van der Waals surface area contributed by atoms with E-state index in [2.05, 4.69) is 6.92 Å². The molecule has 0 aromatic rings. The van der Waals surface area contributed by atoms with Crippen LogP contribution in [0.5, 0.6) is 0 Å². The van der Waals surface area contributed by atoms with Gasteiger partial charge in [0.25, 0.3) is 0 Å². The molecular weight excluding hydrogens is 280 g/mol. The van der Waals surface area contributed by atoms with Gasteiger partial charge in [-0.2, -0.15) is 0 Å². The number of carboxylic acid groups (broad SMARTS) is 1. The van der Waals surface area contributed by atoms with Gasteiger partial charge in [0.05, 0.1) is 18.3 Å². The van der Waals surface area contributed by atoms with Crippen molar-refractivity contribution < 1.29 is 19.7 Å². The highest BCUT2D eigenvalue weighted by Gasteiger charge is 2.38. The van der Waals surface area contributed by atoms with Gasteiger partial charge < -0.3 is 19.7 Å². The summed E-state index contributed by atoms with van der Waals surface area (Å²) in [4.78, 5) is 10.2.